The normalized spacial score (nSPS) is 13.3. The molecule has 2 aromatic carbocycles. The number of alkyl halides is 3. The van der Waals surface area contributed by atoms with Crippen molar-refractivity contribution in [1.29, 1.82) is 0 Å². The number of aromatic nitrogens is 2. The van der Waals surface area contributed by atoms with Gasteiger partial charge < -0.3 is 10.2 Å². The Morgan fingerprint density at radius 1 is 1.03 bits per heavy atom. The fraction of sp³-hybridized carbons (Fsp3) is 0.107. The van der Waals surface area contributed by atoms with Gasteiger partial charge in [0.2, 0.25) is 0 Å². The van der Waals surface area contributed by atoms with Gasteiger partial charge in [0, 0.05) is 34.5 Å². The summed E-state index contributed by atoms with van der Waals surface area (Å²) in [7, 11) is 0. The van der Waals surface area contributed by atoms with Gasteiger partial charge in [-0.05, 0) is 48.0 Å². The highest BCUT2D eigenvalue weighted by molar-refractivity contribution is 7.99. The van der Waals surface area contributed by atoms with Crippen molar-refractivity contribution in [3.05, 3.63) is 102 Å². The van der Waals surface area contributed by atoms with Crippen LogP contribution in [0.25, 0.3) is 23.4 Å². The molecule has 1 aliphatic heterocycles. The molecule has 38 heavy (non-hydrogen) atoms. The van der Waals surface area contributed by atoms with Gasteiger partial charge in [-0.3, -0.25) is 9.78 Å². The van der Waals surface area contributed by atoms with E-state index < -0.39 is 18.1 Å². The number of rotatable bonds is 6. The van der Waals surface area contributed by atoms with Crippen LogP contribution >= 0.6 is 11.8 Å². The van der Waals surface area contributed by atoms with Gasteiger partial charge in [0.1, 0.15) is 0 Å². The van der Waals surface area contributed by atoms with Crippen molar-refractivity contribution in [3.63, 3.8) is 0 Å². The first kappa shape index (κ1) is 25.3. The molecule has 1 N–H and O–H groups in total. The molecule has 0 unspecified atom stereocenters. The number of amides is 1. The van der Waals surface area contributed by atoms with Crippen LogP contribution in [0.15, 0.2) is 88.8 Å². The fourth-order valence-corrected chi connectivity index (χ4v) is 4.94. The minimum absolute atomic E-state index is 0.140. The molecule has 6 nitrogen and oxygen atoms in total. The van der Waals surface area contributed by atoms with Crippen LogP contribution in [-0.2, 0) is 11.2 Å². The number of carbonyl (C=O) groups excluding carboxylic acids is 2. The molecule has 0 saturated carbocycles. The van der Waals surface area contributed by atoms with Crippen LogP contribution in [-0.4, -0.2) is 34.3 Å². The fourth-order valence-electron chi connectivity index (χ4n) is 4.00. The molecular weight excluding hydrogens is 515 g/mol. The van der Waals surface area contributed by atoms with Crippen molar-refractivity contribution >= 4 is 35.8 Å². The molecule has 10 heteroatoms. The first-order valence-corrected chi connectivity index (χ1v) is 12.4. The lowest BCUT2D eigenvalue weighted by Crippen LogP contribution is -2.37. The third-order valence-corrected chi connectivity index (χ3v) is 6.85. The zero-order valence-corrected chi connectivity index (χ0v) is 20.6. The standard InChI is InChI=1S/C28H20F3N3O3S/c29-28(30,31)27(36)37-34-23-13-15-33-26(35)22(23)17-24(34)19-12-14-32-20(16-19)11-10-18-6-4-5-9-25(18)38-21-7-2-1-3-8-21/h1-12,14,16-17H,13,15H2,(H,33,35). The predicted molar refractivity (Wildman–Crippen MR) is 137 cm³/mol. The summed E-state index contributed by atoms with van der Waals surface area (Å²) >= 11 is 1.62. The molecule has 0 aliphatic carbocycles. The summed E-state index contributed by atoms with van der Waals surface area (Å²) in [5, 5.41) is 2.65. The van der Waals surface area contributed by atoms with E-state index in [0.29, 0.717) is 11.3 Å². The molecule has 0 saturated heterocycles. The third kappa shape index (κ3) is 5.50. The van der Waals surface area contributed by atoms with Crippen molar-refractivity contribution in [2.75, 3.05) is 6.54 Å². The number of nitrogens with one attached hydrogen (secondary N) is 1. The molecule has 1 amide bonds. The number of benzene rings is 2. The Morgan fingerprint density at radius 3 is 2.58 bits per heavy atom. The molecule has 0 fully saturated rings. The zero-order chi connectivity index (χ0) is 26.7. The van der Waals surface area contributed by atoms with E-state index in [1.54, 1.807) is 30.0 Å². The summed E-state index contributed by atoms with van der Waals surface area (Å²) in [5.74, 6) is -2.82. The Kier molecular flexibility index (Phi) is 7.06. The van der Waals surface area contributed by atoms with E-state index in [4.69, 9.17) is 4.84 Å². The maximum Gasteiger partial charge on any atom is 0.493 e. The van der Waals surface area contributed by atoms with Crippen molar-refractivity contribution in [2.45, 2.75) is 22.4 Å². The SMILES string of the molecule is O=C1NCCc2c1cc(-c1ccnc(C=Cc3ccccc3Sc3ccccc3)c1)n2OC(=O)C(F)(F)F. The third-order valence-electron chi connectivity index (χ3n) is 5.75. The number of halogens is 3. The summed E-state index contributed by atoms with van der Waals surface area (Å²) in [6, 6.07) is 22.5. The number of pyridine rings is 1. The minimum atomic E-state index is -5.19. The highest BCUT2D eigenvalue weighted by atomic mass is 32.2. The molecule has 0 spiro atoms. The summed E-state index contributed by atoms with van der Waals surface area (Å²) in [4.78, 5) is 35.2. The van der Waals surface area contributed by atoms with Crippen LogP contribution < -0.4 is 10.2 Å². The van der Waals surface area contributed by atoms with Crippen molar-refractivity contribution < 1.29 is 27.6 Å². The quantitative estimate of drug-likeness (QED) is 0.344. The maximum atomic E-state index is 13.0. The Labute approximate surface area is 220 Å². The van der Waals surface area contributed by atoms with E-state index in [0.717, 1.165) is 20.1 Å². The molecular formula is C28H20F3N3O3S. The Balaban J connectivity index is 1.48. The number of nitrogens with zero attached hydrogens (tertiary/aromatic N) is 2. The van der Waals surface area contributed by atoms with Crippen molar-refractivity contribution in [2.24, 2.45) is 0 Å². The lowest BCUT2D eigenvalue weighted by atomic mass is 10.1. The Bertz CT molecular complexity index is 1530. The second kappa shape index (κ2) is 10.6. The van der Waals surface area contributed by atoms with E-state index in [9.17, 15) is 22.8 Å². The van der Waals surface area contributed by atoms with E-state index >= 15 is 0 Å². The lowest BCUT2D eigenvalue weighted by Gasteiger charge is -2.17. The van der Waals surface area contributed by atoms with Crippen LogP contribution in [0.1, 0.15) is 27.3 Å². The molecule has 4 aromatic rings. The van der Waals surface area contributed by atoms with Gasteiger partial charge in [0.25, 0.3) is 5.91 Å². The van der Waals surface area contributed by atoms with Crippen molar-refractivity contribution in [3.8, 4) is 11.3 Å². The van der Waals surface area contributed by atoms with Gasteiger partial charge in [-0.2, -0.15) is 17.9 Å². The summed E-state index contributed by atoms with van der Waals surface area (Å²) < 4.78 is 39.8. The van der Waals surface area contributed by atoms with E-state index in [-0.39, 0.29) is 29.9 Å². The molecule has 2 aromatic heterocycles. The number of hydrogen-bond acceptors (Lipinski definition) is 5. The summed E-state index contributed by atoms with van der Waals surface area (Å²) in [6.07, 6.45) is 0.207. The first-order chi connectivity index (χ1) is 18.3. The predicted octanol–water partition coefficient (Wildman–Crippen LogP) is 5.68. The molecule has 0 radical (unpaired) electrons. The molecule has 1 aliphatic rings. The van der Waals surface area contributed by atoms with Gasteiger partial charge >= 0.3 is 12.1 Å². The summed E-state index contributed by atoms with van der Waals surface area (Å²) in [6.45, 7) is 0.212. The molecule has 0 atom stereocenters. The number of hydrogen-bond donors (Lipinski definition) is 1. The van der Waals surface area contributed by atoms with Crippen LogP contribution in [0.3, 0.4) is 0 Å². The monoisotopic (exact) mass is 535 g/mol. The van der Waals surface area contributed by atoms with Crippen molar-refractivity contribution in [1.82, 2.24) is 15.0 Å². The molecule has 192 valence electrons. The highest BCUT2D eigenvalue weighted by Gasteiger charge is 2.43. The van der Waals surface area contributed by atoms with Gasteiger partial charge in [-0.1, -0.05) is 54.2 Å². The second-order valence-corrected chi connectivity index (χ2v) is 9.44. The molecule has 5 rings (SSSR count). The van der Waals surface area contributed by atoms with Crippen LogP contribution in [0, 0.1) is 0 Å². The lowest BCUT2D eigenvalue weighted by molar-refractivity contribution is -0.199. The topological polar surface area (TPSA) is 73.2 Å². The molecule has 0 bridgehead atoms. The van der Waals surface area contributed by atoms with E-state index in [1.165, 1.54) is 12.3 Å². The highest BCUT2D eigenvalue weighted by Crippen LogP contribution is 2.32. The van der Waals surface area contributed by atoms with Gasteiger partial charge in [-0.15, -0.1) is 0 Å². The largest absolute Gasteiger partial charge is 0.493 e. The second-order valence-electron chi connectivity index (χ2n) is 8.32. The maximum absolute atomic E-state index is 13.0. The van der Waals surface area contributed by atoms with Crippen LogP contribution in [0.2, 0.25) is 0 Å². The number of fused-ring (bicyclic) bond motifs is 1. The minimum Gasteiger partial charge on any atom is -0.352 e. The van der Waals surface area contributed by atoms with Crippen LogP contribution in [0.5, 0.6) is 0 Å². The Morgan fingerprint density at radius 2 is 1.79 bits per heavy atom. The molecule has 3 heterocycles. The average Bonchev–Trinajstić information content (AvgIpc) is 3.28. The van der Waals surface area contributed by atoms with Crippen LogP contribution in [0.4, 0.5) is 13.2 Å². The van der Waals surface area contributed by atoms with E-state index in [1.807, 2.05) is 60.7 Å². The smallest absolute Gasteiger partial charge is 0.352 e. The summed E-state index contributed by atoms with van der Waals surface area (Å²) in [5.41, 5.74) is 2.41. The Hall–Kier alpha value is -4.31. The number of carbonyl (C=O) groups is 2. The van der Waals surface area contributed by atoms with E-state index in [2.05, 4.69) is 10.3 Å². The van der Waals surface area contributed by atoms with Gasteiger partial charge in [0.15, 0.2) is 0 Å². The average molecular weight is 536 g/mol. The zero-order valence-electron chi connectivity index (χ0n) is 19.7. The van der Waals surface area contributed by atoms with Gasteiger partial charge in [-0.25, -0.2) is 4.79 Å². The first-order valence-electron chi connectivity index (χ1n) is 11.6. The van der Waals surface area contributed by atoms with Gasteiger partial charge in [0.05, 0.1) is 22.6 Å².